The number of aromatic nitrogens is 5. The number of rotatable bonds is 5. The second-order valence-corrected chi connectivity index (χ2v) is 6.95. The van der Waals surface area contributed by atoms with Crippen LogP contribution in [0.25, 0.3) is 0 Å². The Morgan fingerprint density at radius 1 is 1.24 bits per heavy atom. The number of nitrogens with two attached hydrogens (primary N) is 1. The molecule has 1 saturated heterocycles. The summed E-state index contributed by atoms with van der Waals surface area (Å²) in [4.78, 5) is 0. The molecule has 2 atom stereocenters. The molecule has 2 unspecified atom stereocenters. The van der Waals surface area contributed by atoms with Crippen LogP contribution in [0.2, 0.25) is 0 Å². The van der Waals surface area contributed by atoms with Gasteiger partial charge >= 0.3 is 0 Å². The van der Waals surface area contributed by atoms with Crippen molar-refractivity contribution in [2.75, 3.05) is 12.3 Å². The van der Waals surface area contributed by atoms with E-state index in [0.717, 1.165) is 22.8 Å². The average Bonchev–Trinajstić information content (AvgIpc) is 3.33. The van der Waals surface area contributed by atoms with Crippen molar-refractivity contribution in [1.29, 1.82) is 0 Å². The number of hydrazine groups is 1. The molecule has 1 fully saturated rings. The van der Waals surface area contributed by atoms with E-state index in [-0.39, 0.29) is 17.8 Å². The minimum absolute atomic E-state index is 0.0220. The number of anilines is 1. The zero-order chi connectivity index (χ0) is 17.2. The molecule has 4 rings (SSSR count). The van der Waals surface area contributed by atoms with Crippen molar-refractivity contribution in [3.63, 3.8) is 0 Å². The van der Waals surface area contributed by atoms with Gasteiger partial charge in [-0.05, 0) is 17.7 Å². The molecule has 2 aromatic heterocycles. The lowest BCUT2D eigenvalue weighted by molar-refractivity contribution is 0.545. The van der Waals surface area contributed by atoms with Crippen LogP contribution in [0.1, 0.15) is 28.2 Å². The average molecular weight is 360 g/mol. The van der Waals surface area contributed by atoms with Crippen LogP contribution in [0.3, 0.4) is 0 Å². The second kappa shape index (κ2) is 6.82. The van der Waals surface area contributed by atoms with E-state index < -0.39 is 0 Å². The van der Waals surface area contributed by atoms with E-state index in [2.05, 4.69) is 31.4 Å². The third-order valence-corrected chi connectivity index (χ3v) is 5.00. The smallest absolute Gasteiger partial charge is 0.203 e. The van der Waals surface area contributed by atoms with Gasteiger partial charge in [0.2, 0.25) is 5.13 Å². The summed E-state index contributed by atoms with van der Waals surface area (Å²) in [5.74, 6) is -0.120. The number of nitrogens with zero attached hydrogens (tertiary/aromatic N) is 5. The molecular weight excluding hydrogens is 343 g/mol. The molecule has 25 heavy (non-hydrogen) atoms. The van der Waals surface area contributed by atoms with Crippen LogP contribution < -0.4 is 16.6 Å². The van der Waals surface area contributed by atoms with Gasteiger partial charge in [-0.3, -0.25) is 10.1 Å². The Kier molecular flexibility index (Phi) is 4.38. The lowest BCUT2D eigenvalue weighted by Crippen LogP contribution is -2.24. The van der Waals surface area contributed by atoms with Gasteiger partial charge in [0.15, 0.2) is 0 Å². The third kappa shape index (κ3) is 3.50. The summed E-state index contributed by atoms with van der Waals surface area (Å²) >= 11 is 1.38. The number of hydrogen-bond acceptors (Lipinski definition) is 8. The molecular formula is C15H17FN8S. The Hall–Kier alpha value is -2.43. The molecule has 0 radical (unpaired) electrons. The minimum Gasteiger partial charge on any atom is -0.374 e. The predicted molar refractivity (Wildman–Crippen MR) is 91.1 cm³/mol. The summed E-state index contributed by atoms with van der Waals surface area (Å²) in [7, 11) is 0. The second-order valence-electron chi connectivity index (χ2n) is 5.85. The van der Waals surface area contributed by atoms with Crippen molar-refractivity contribution >= 4 is 16.5 Å². The molecule has 1 aromatic carbocycles. The topological polar surface area (TPSA) is 107 Å². The Balaban J connectivity index is 1.46. The van der Waals surface area contributed by atoms with Crippen LogP contribution in [-0.2, 0) is 13.0 Å². The van der Waals surface area contributed by atoms with Gasteiger partial charge in [0.1, 0.15) is 10.8 Å². The molecule has 3 aromatic rings. The zero-order valence-corrected chi connectivity index (χ0v) is 14.1. The maximum absolute atomic E-state index is 13.1. The highest BCUT2D eigenvalue weighted by atomic mass is 32.1. The molecule has 3 heterocycles. The van der Waals surface area contributed by atoms with Crippen LogP contribution in [0.4, 0.5) is 9.52 Å². The summed E-state index contributed by atoms with van der Waals surface area (Å²) in [5.41, 5.74) is 13.9. The Bertz CT molecular complexity index is 845. The van der Waals surface area contributed by atoms with Crippen molar-refractivity contribution in [2.45, 2.75) is 24.9 Å². The normalized spacial score (nSPS) is 20.2. The quantitative estimate of drug-likeness (QED) is 0.624. The first kappa shape index (κ1) is 16.1. The summed E-state index contributed by atoms with van der Waals surface area (Å²) in [6.45, 7) is 1.39. The monoisotopic (exact) mass is 360 g/mol. The van der Waals surface area contributed by atoms with Crippen molar-refractivity contribution < 1.29 is 4.39 Å². The van der Waals surface area contributed by atoms with E-state index in [4.69, 9.17) is 5.73 Å². The summed E-state index contributed by atoms with van der Waals surface area (Å²) in [6, 6.07) is 6.54. The first-order valence-electron chi connectivity index (χ1n) is 7.91. The third-order valence-electron chi connectivity index (χ3n) is 4.18. The zero-order valence-electron chi connectivity index (χ0n) is 13.3. The fraction of sp³-hybridized carbons (Fsp3) is 0.333. The standard InChI is InChI=1S/C15H17FN8S/c16-10-3-1-9(2-4-10)14-11(7-18-21-14)12-8-24(23-19-12)6-5-13-20-22-15(17)25-13/h1-4,8,11,14,18,21H,5-7H2,(H2,17,22). The van der Waals surface area contributed by atoms with Crippen LogP contribution in [0, 0.1) is 5.82 Å². The first-order chi connectivity index (χ1) is 12.2. The molecule has 1 aliphatic rings. The van der Waals surface area contributed by atoms with E-state index in [1.165, 1.54) is 23.5 Å². The Labute approximate surface area is 147 Å². The van der Waals surface area contributed by atoms with Gasteiger partial charge in [-0.1, -0.05) is 28.7 Å². The highest BCUT2D eigenvalue weighted by molar-refractivity contribution is 7.15. The largest absolute Gasteiger partial charge is 0.374 e. The Morgan fingerprint density at radius 3 is 2.84 bits per heavy atom. The van der Waals surface area contributed by atoms with E-state index in [0.29, 0.717) is 18.1 Å². The van der Waals surface area contributed by atoms with Gasteiger partial charge in [-0.15, -0.1) is 15.3 Å². The summed E-state index contributed by atoms with van der Waals surface area (Å²) < 4.78 is 14.9. The van der Waals surface area contributed by atoms with Crippen molar-refractivity contribution in [2.24, 2.45) is 0 Å². The molecule has 0 bridgehead atoms. The van der Waals surface area contributed by atoms with Crippen LogP contribution in [0.5, 0.6) is 0 Å². The fourth-order valence-corrected chi connectivity index (χ4v) is 3.53. The van der Waals surface area contributed by atoms with Gasteiger partial charge in [0.25, 0.3) is 0 Å². The maximum atomic E-state index is 13.1. The number of aryl methyl sites for hydroxylation is 2. The van der Waals surface area contributed by atoms with Gasteiger partial charge < -0.3 is 5.73 Å². The number of nitrogen functional groups attached to an aromatic ring is 1. The van der Waals surface area contributed by atoms with Crippen molar-refractivity contribution in [3.05, 3.63) is 52.5 Å². The molecule has 0 saturated carbocycles. The van der Waals surface area contributed by atoms with E-state index >= 15 is 0 Å². The Morgan fingerprint density at radius 2 is 2.08 bits per heavy atom. The first-order valence-corrected chi connectivity index (χ1v) is 8.72. The van der Waals surface area contributed by atoms with Gasteiger partial charge in [0, 0.05) is 31.6 Å². The van der Waals surface area contributed by atoms with E-state index in [1.54, 1.807) is 16.8 Å². The fourth-order valence-electron chi connectivity index (χ4n) is 2.93. The lowest BCUT2D eigenvalue weighted by atomic mass is 9.93. The highest BCUT2D eigenvalue weighted by Crippen LogP contribution is 2.32. The summed E-state index contributed by atoms with van der Waals surface area (Å²) in [6.07, 6.45) is 2.65. The van der Waals surface area contributed by atoms with Crippen molar-refractivity contribution in [1.82, 2.24) is 36.0 Å². The molecule has 0 spiro atoms. The maximum Gasteiger partial charge on any atom is 0.203 e. The summed E-state index contributed by atoms with van der Waals surface area (Å²) in [5, 5.41) is 17.7. The predicted octanol–water partition coefficient (Wildman–Crippen LogP) is 1.03. The van der Waals surface area contributed by atoms with Crippen LogP contribution in [-0.4, -0.2) is 31.7 Å². The van der Waals surface area contributed by atoms with Crippen molar-refractivity contribution in [3.8, 4) is 0 Å². The molecule has 8 nitrogen and oxygen atoms in total. The molecule has 1 aliphatic heterocycles. The molecule has 10 heteroatoms. The van der Waals surface area contributed by atoms with Gasteiger partial charge in [0.05, 0.1) is 11.7 Å². The van der Waals surface area contributed by atoms with Gasteiger partial charge in [-0.25, -0.2) is 9.82 Å². The minimum atomic E-state index is -0.241. The molecule has 0 amide bonds. The van der Waals surface area contributed by atoms with E-state index in [1.807, 2.05) is 6.20 Å². The van der Waals surface area contributed by atoms with Gasteiger partial charge in [-0.2, -0.15) is 0 Å². The molecule has 4 N–H and O–H groups in total. The number of halogens is 1. The highest BCUT2D eigenvalue weighted by Gasteiger charge is 2.31. The lowest BCUT2D eigenvalue weighted by Gasteiger charge is -2.16. The number of hydrogen-bond donors (Lipinski definition) is 3. The number of benzene rings is 1. The molecule has 130 valence electrons. The van der Waals surface area contributed by atoms with E-state index in [9.17, 15) is 4.39 Å². The molecule has 0 aliphatic carbocycles. The van der Waals surface area contributed by atoms with Crippen LogP contribution in [0.15, 0.2) is 30.5 Å². The SMILES string of the molecule is Nc1nnc(CCn2cc(C3CNNC3c3ccc(F)cc3)nn2)s1. The number of nitrogens with one attached hydrogen (secondary N) is 2. The van der Waals surface area contributed by atoms with Crippen LogP contribution >= 0.6 is 11.3 Å².